The molecule has 108 valence electrons. The Morgan fingerprint density at radius 3 is 2.05 bits per heavy atom. The number of carboxylic acids is 3. The van der Waals surface area contributed by atoms with Gasteiger partial charge in [-0.15, -0.1) is 0 Å². The number of carboxylic acid groups (broad SMARTS) is 3. The fraction of sp³-hybridized carbons (Fsp3) is 0.615. The van der Waals surface area contributed by atoms with Crippen molar-refractivity contribution in [1.29, 1.82) is 0 Å². The van der Waals surface area contributed by atoms with Crippen molar-refractivity contribution in [2.75, 3.05) is 0 Å². The van der Waals surface area contributed by atoms with Gasteiger partial charge < -0.3 is 15.3 Å². The molecule has 6 nitrogen and oxygen atoms in total. The Morgan fingerprint density at radius 2 is 1.79 bits per heavy atom. The summed E-state index contributed by atoms with van der Waals surface area (Å²) in [6.45, 7) is 4.72. The number of rotatable bonds is 4. The standard InChI is InChI=1S/C10H16O4.C3H4O2/c1-2-10(9(13)14)6-4-3-5-7(10)8(11)12;1-2-3(4)5/h7H,2-6H2,1H3,(H,11,12)(H,13,14);2H,1H2,(H,4,5). The summed E-state index contributed by atoms with van der Waals surface area (Å²) in [4.78, 5) is 31.4. The molecule has 19 heavy (non-hydrogen) atoms. The van der Waals surface area contributed by atoms with Crippen molar-refractivity contribution in [3.05, 3.63) is 12.7 Å². The van der Waals surface area contributed by atoms with Gasteiger partial charge in [-0.1, -0.05) is 26.3 Å². The zero-order valence-electron chi connectivity index (χ0n) is 11.0. The van der Waals surface area contributed by atoms with Gasteiger partial charge in [0.25, 0.3) is 0 Å². The summed E-state index contributed by atoms with van der Waals surface area (Å²) in [7, 11) is 0. The molecule has 6 heteroatoms. The maximum atomic E-state index is 11.2. The third kappa shape index (κ3) is 4.39. The number of aliphatic carboxylic acids is 3. The van der Waals surface area contributed by atoms with E-state index in [1.807, 2.05) is 0 Å². The lowest BCUT2D eigenvalue weighted by atomic mass is 9.64. The molecule has 0 bridgehead atoms. The van der Waals surface area contributed by atoms with Crippen LogP contribution in [-0.2, 0) is 14.4 Å². The molecule has 1 aliphatic rings. The van der Waals surface area contributed by atoms with Crippen molar-refractivity contribution in [2.45, 2.75) is 39.0 Å². The second kappa shape index (κ2) is 7.56. The SMILES string of the molecule is C=CC(=O)O.CCC1(C(=O)O)CCCCC1C(=O)O. The molecule has 1 fully saturated rings. The highest BCUT2D eigenvalue weighted by atomic mass is 16.4. The van der Waals surface area contributed by atoms with Gasteiger partial charge in [-0.2, -0.15) is 0 Å². The van der Waals surface area contributed by atoms with E-state index in [1.54, 1.807) is 6.92 Å². The normalized spacial score (nSPS) is 25.6. The van der Waals surface area contributed by atoms with Crippen molar-refractivity contribution in [3.63, 3.8) is 0 Å². The van der Waals surface area contributed by atoms with Gasteiger partial charge in [0.15, 0.2) is 0 Å². The van der Waals surface area contributed by atoms with E-state index in [1.165, 1.54) is 0 Å². The Balaban J connectivity index is 0.000000555. The lowest BCUT2D eigenvalue weighted by Crippen LogP contribution is -2.44. The monoisotopic (exact) mass is 272 g/mol. The van der Waals surface area contributed by atoms with Crippen LogP contribution in [0.2, 0.25) is 0 Å². The Hall–Kier alpha value is -1.85. The van der Waals surface area contributed by atoms with Crippen LogP contribution >= 0.6 is 0 Å². The van der Waals surface area contributed by atoms with E-state index in [0.29, 0.717) is 19.3 Å². The van der Waals surface area contributed by atoms with Crippen LogP contribution in [0.25, 0.3) is 0 Å². The third-order valence-electron chi connectivity index (χ3n) is 3.56. The smallest absolute Gasteiger partial charge is 0.327 e. The molecule has 0 aliphatic heterocycles. The van der Waals surface area contributed by atoms with E-state index in [0.717, 1.165) is 18.9 Å². The van der Waals surface area contributed by atoms with Crippen molar-refractivity contribution in [1.82, 2.24) is 0 Å². The fourth-order valence-electron chi connectivity index (χ4n) is 2.43. The van der Waals surface area contributed by atoms with Crippen LogP contribution in [0.5, 0.6) is 0 Å². The van der Waals surface area contributed by atoms with Crippen LogP contribution in [-0.4, -0.2) is 33.2 Å². The Kier molecular flexibility index (Phi) is 6.82. The van der Waals surface area contributed by atoms with Crippen LogP contribution < -0.4 is 0 Å². The summed E-state index contributed by atoms with van der Waals surface area (Å²) >= 11 is 0. The molecular weight excluding hydrogens is 252 g/mol. The van der Waals surface area contributed by atoms with E-state index in [4.69, 9.17) is 15.3 Å². The van der Waals surface area contributed by atoms with Gasteiger partial charge in [0, 0.05) is 6.08 Å². The summed E-state index contributed by atoms with van der Waals surface area (Å²) in [5.74, 6) is -3.61. The van der Waals surface area contributed by atoms with Gasteiger partial charge >= 0.3 is 17.9 Å². The van der Waals surface area contributed by atoms with Crippen molar-refractivity contribution >= 4 is 17.9 Å². The van der Waals surface area contributed by atoms with Gasteiger partial charge in [0.2, 0.25) is 0 Å². The van der Waals surface area contributed by atoms with Gasteiger partial charge in [-0.3, -0.25) is 9.59 Å². The molecule has 1 saturated carbocycles. The molecule has 0 spiro atoms. The Labute approximate surface area is 111 Å². The zero-order chi connectivity index (χ0) is 15.1. The summed E-state index contributed by atoms with van der Waals surface area (Å²) in [6.07, 6.45) is 3.88. The maximum Gasteiger partial charge on any atom is 0.327 e. The summed E-state index contributed by atoms with van der Waals surface area (Å²) < 4.78 is 0. The molecule has 2 unspecified atom stereocenters. The Morgan fingerprint density at radius 1 is 1.26 bits per heavy atom. The minimum atomic E-state index is -1.02. The van der Waals surface area contributed by atoms with Crippen LogP contribution in [0.15, 0.2) is 12.7 Å². The molecule has 0 heterocycles. The molecular formula is C13H20O6. The Bertz CT molecular complexity index is 362. The van der Waals surface area contributed by atoms with Crippen molar-refractivity contribution in [2.24, 2.45) is 11.3 Å². The molecule has 0 radical (unpaired) electrons. The topological polar surface area (TPSA) is 112 Å². The molecule has 3 N–H and O–H groups in total. The predicted octanol–water partition coefficient (Wildman–Crippen LogP) is 2.00. The van der Waals surface area contributed by atoms with Gasteiger partial charge in [-0.25, -0.2) is 4.79 Å². The molecule has 0 aromatic rings. The van der Waals surface area contributed by atoms with Crippen LogP contribution in [0.3, 0.4) is 0 Å². The first-order chi connectivity index (χ1) is 8.81. The van der Waals surface area contributed by atoms with Crippen LogP contribution in [0.4, 0.5) is 0 Å². The fourth-order valence-corrected chi connectivity index (χ4v) is 2.43. The highest BCUT2D eigenvalue weighted by molar-refractivity contribution is 5.83. The van der Waals surface area contributed by atoms with Crippen molar-refractivity contribution in [3.8, 4) is 0 Å². The number of hydrogen-bond donors (Lipinski definition) is 3. The first kappa shape index (κ1) is 17.2. The minimum absolute atomic E-state index is 0.402. The lowest BCUT2D eigenvalue weighted by molar-refractivity contribution is -0.166. The van der Waals surface area contributed by atoms with Gasteiger partial charge in [0.05, 0.1) is 11.3 Å². The van der Waals surface area contributed by atoms with E-state index in [2.05, 4.69) is 6.58 Å². The molecule has 0 aromatic carbocycles. The lowest BCUT2D eigenvalue weighted by Gasteiger charge is -2.37. The first-order valence-corrected chi connectivity index (χ1v) is 6.13. The third-order valence-corrected chi connectivity index (χ3v) is 3.56. The minimum Gasteiger partial charge on any atom is -0.481 e. The number of hydrogen-bond acceptors (Lipinski definition) is 3. The number of carbonyl (C=O) groups is 3. The van der Waals surface area contributed by atoms with Crippen molar-refractivity contribution < 1.29 is 29.7 Å². The molecule has 2 atom stereocenters. The molecule has 1 aliphatic carbocycles. The van der Waals surface area contributed by atoms with E-state index in [-0.39, 0.29) is 0 Å². The average molecular weight is 272 g/mol. The quantitative estimate of drug-likeness (QED) is 0.675. The highest BCUT2D eigenvalue weighted by Gasteiger charge is 2.49. The molecule has 0 amide bonds. The average Bonchev–Trinajstić information content (AvgIpc) is 2.38. The second-order valence-electron chi connectivity index (χ2n) is 4.49. The van der Waals surface area contributed by atoms with Gasteiger partial charge in [0.1, 0.15) is 0 Å². The molecule has 0 aromatic heterocycles. The zero-order valence-corrected chi connectivity index (χ0v) is 11.0. The summed E-state index contributed by atoms with van der Waals surface area (Å²) in [5.41, 5.74) is -1.02. The highest BCUT2D eigenvalue weighted by Crippen LogP contribution is 2.44. The first-order valence-electron chi connectivity index (χ1n) is 6.13. The summed E-state index contributed by atoms with van der Waals surface area (Å²) in [5, 5.41) is 25.7. The van der Waals surface area contributed by atoms with E-state index in [9.17, 15) is 14.4 Å². The van der Waals surface area contributed by atoms with Crippen LogP contribution in [0, 0.1) is 11.3 Å². The van der Waals surface area contributed by atoms with Gasteiger partial charge in [-0.05, 0) is 19.3 Å². The second-order valence-corrected chi connectivity index (χ2v) is 4.49. The van der Waals surface area contributed by atoms with Crippen LogP contribution in [0.1, 0.15) is 39.0 Å². The van der Waals surface area contributed by atoms with E-state index >= 15 is 0 Å². The largest absolute Gasteiger partial charge is 0.481 e. The maximum absolute atomic E-state index is 11.2. The molecule has 0 saturated heterocycles. The predicted molar refractivity (Wildman–Crippen MR) is 67.8 cm³/mol. The molecule has 1 rings (SSSR count). The van der Waals surface area contributed by atoms with E-state index < -0.39 is 29.2 Å². The summed E-state index contributed by atoms with van der Waals surface area (Å²) in [6, 6.07) is 0.